The van der Waals surface area contributed by atoms with Crippen molar-refractivity contribution in [3.8, 4) is 5.75 Å². The fourth-order valence-corrected chi connectivity index (χ4v) is 3.59. The summed E-state index contributed by atoms with van der Waals surface area (Å²) in [7, 11) is 0. The molecule has 1 aliphatic heterocycles. The minimum atomic E-state index is -0.531. The Morgan fingerprint density at radius 1 is 1.23 bits per heavy atom. The summed E-state index contributed by atoms with van der Waals surface area (Å²) >= 11 is 14.0. The van der Waals surface area contributed by atoms with E-state index in [9.17, 15) is 4.79 Å². The number of carbonyl (C=O) groups excluding carboxylic acids is 1. The normalized spacial score (nSPS) is 15.6. The summed E-state index contributed by atoms with van der Waals surface area (Å²) in [5, 5.41) is 0.834. The largest absolute Gasteiger partial charge is 0.489 e. The van der Waals surface area contributed by atoms with Crippen LogP contribution >= 0.6 is 35.1 Å². The molecule has 0 aliphatic carbocycles. The molecule has 5 nitrogen and oxygen atoms in total. The fraction of sp³-hybridized carbons (Fsp3) is 0.545. The van der Waals surface area contributed by atoms with Crippen molar-refractivity contribution in [2.24, 2.45) is 10.3 Å². The lowest BCUT2D eigenvalue weighted by Crippen LogP contribution is -2.54. The molecule has 0 atom stereocenters. The minimum Gasteiger partial charge on any atom is -0.489 e. The summed E-state index contributed by atoms with van der Waals surface area (Å²) in [6.45, 7) is 16.9. The van der Waals surface area contributed by atoms with Crippen LogP contribution in [0.3, 0.4) is 0 Å². The smallest absolute Gasteiger partial charge is 0.410 e. The van der Waals surface area contributed by atoms with Crippen molar-refractivity contribution in [2.75, 3.05) is 19.7 Å². The minimum absolute atomic E-state index is 0.0377. The quantitative estimate of drug-likeness (QED) is 0.263. The van der Waals surface area contributed by atoms with Gasteiger partial charge in [-0.15, -0.1) is 0 Å². The molecular formula is C22H30Cl2N2O3S. The van der Waals surface area contributed by atoms with Gasteiger partial charge in [0.2, 0.25) is 0 Å². The van der Waals surface area contributed by atoms with E-state index in [0.717, 1.165) is 11.3 Å². The highest BCUT2D eigenvalue weighted by molar-refractivity contribution is 7.99. The number of likely N-dealkylation sites (tertiary alicyclic amines) is 1. The van der Waals surface area contributed by atoms with Crippen LogP contribution in [0.15, 0.2) is 29.2 Å². The van der Waals surface area contributed by atoms with Crippen LogP contribution in [0.4, 0.5) is 4.79 Å². The zero-order valence-electron chi connectivity index (χ0n) is 18.4. The number of nitrogens with zero attached hydrogens (tertiary/aromatic N) is 2. The third-order valence-electron chi connectivity index (χ3n) is 3.99. The summed E-state index contributed by atoms with van der Waals surface area (Å²) in [5.74, 6) is 0.629. The van der Waals surface area contributed by atoms with Crippen molar-refractivity contribution in [3.63, 3.8) is 0 Å². The zero-order valence-corrected chi connectivity index (χ0v) is 20.7. The predicted octanol–water partition coefficient (Wildman–Crippen LogP) is 6.66. The van der Waals surface area contributed by atoms with E-state index < -0.39 is 5.60 Å². The molecule has 0 radical (unpaired) electrons. The second-order valence-electron chi connectivity index (χ2n) is 9.12. The molecule has 30 heavy (non-hydrogen) atoms. The van der Waals surface area contributed by atoms with E-state index in [-0.39, 0.29) is 16.8 Å². The zero-order chi connectivity index (χ0) is 22.7. The Balaban J connectivity index is 2.33. The summed E-state index contributed by atoms with van der Waals surface area (Å²) < 4.78 is 16.1. The van der Waals surface area contributed by atoms with Crippen LogP contribution in [-0.4, -0.2) is 46.7 Å². The maximum Gasteiger partial charge on any atom is 0.410 e. The molecule has 1 heterocycles. The van der Waals surface area contributed by atoms with Gasteiger partial charge in [0.15, 0.2) is 0 Å². The van der Waals surface area contributed by atoms with E-state index in [4.69, 9.17) is 37.1 Å². The van der Waals surface area contributed by atoms with Crippen molar-refractivity contribution in [2.45, 2.75) is 51.9 Å². The van der Waals surface area contributed by atoms with Gasteiger partial charge in [-0.3, -0.25) is 0 Å². The van der Waals surface area contributed by atoms with Gasteiger partial charge in [-0.05, 0) is 59.6 Å². The molecule has 0 saturated carbocycles. The van der Waals surface area contributed by atoms with E-state index in [1.807, 2.05) is 20.8 Å². The van der Waals surface area contributed by atoms with Crippen LogP contribution in [0.2, 0.25) is 10.0 Å². The maximum atomic E-state index is 12.4. The highest BCUT2D eigenvalue weighted by Gasteiger charge is 2.38. The Morgan fingerprint density at radius 3 is 2.37 bits per heavy atom. The van der Waals surface area contributed by atoms with Crippen LogP contribution < -0.4 is 4.74 Å². The molecule has 0 unspecified atom stereocenters. The average Bonchev–Trinajstić information content (AvgIpc) is 2.55. The lowest BCUT2D eigenvalue weighted by Gasteiger charge is -2.40. The van der Waals surface area contributed by atoms with Crippen LogP contribution in [0, 0.1) is 5.92 Å². The lowest BCUT2D eigenvalue weighted by molar-refractivity contribution is 0.00701. The summed E-state index contributed by atoms with van der Waals surface area (Å²) in [6.07, 6.45) is 1.35. The van der Waals surface area contributed by atoms with E-state index >= 15 is 0 Å². The number of hydrogen-bond acceptors (Lipinski definition) is 5. The van der Waals surface area contributed by atoms with Crippen LogP contribution in [-0.2, 0) is 4.74 Å². The molecular weight excluding hydrogens is 443 g/mol. The molecule has 0 bridgehead atoms. The van der Waals surface area contributed by atoms with Crippen LogP contribution in [0.25, 0.3) is 0 Å². The molecule has 1 aliphatic rings. The third kappa shape index (κ3) is 7.10. The number of ether oxygens (including phenoxy) is 2. The number of amides is 1. The summed E-state index contributed by atoms with van der Waals surface area (Å²) in [4.78, 5) is 14.0. The highest BCUT2D eigenvalue weighted by Crippen LogP contribution is 2.36. The third-order valence-corrected chi connectivity index (χ3v) is 5.55. The van der Waals surface area contributed by atoms with Gasteiger partial charge in [0.1, 0.15) is 18.0 Å². The van der Waals surface area contributed by atoms with Crippen LogP contribution in [0.5, 0.6) is 5.75 Å². The molecule has 2 rings (SSSR count). The van der Waals surface area contributed by atoms with Gasteiger partial charge in [-0.25, -0.2) is 9.19 Å². The highest BCUT2D eigenvalue weighted by atomic mass is 35.5. The van der Waals surface area contributed by atoms with E-state index in [2.05, 4.69) is 27.4 Å². The van der Waals surface area contributed by atoms with Gasteiger partial charge < -0.3 is 14.4 Å². The Hall–Kier alpha value is -1.37. The number of rotatable bonds is 6. The Kier molecular flexibility index (Phi) is 8.16. The number of carbonyl (C=O) groups is 1. The number of halogens is 2. The molecule has 0 spiro atoms. The second kappa shape index (κ2) is 9.84. The monoisotopic (exact) mass is 472 g/mol. The van der Waals surface area contributed by atoms with Gasteiger partial charge in [0.05, 0.1) is 15.8 Å². The molecule has 8 heteroatoms. The Morgan fingerprint density at radius 2 is 1.83 bits per heavy atom. The number of benzene rings is 1. The molecule has 1 saturated heterocycles. The summed E-state index contributed by atoms with van der Waals surface area (Å²) in [5.41, 5.74) is 1.07. The molecule has 0 aromatic heterocycles. The summed E-state index contributed by atoms with van der Waals surface area (Å²) in [6, 6.07) is 3.48. The van der Waals surface area contributed by atoms with E-state index in [0.29, 0.717) is 35.5 Å². The van der Waals surface area contributed by atoms with Crippen molar-refractivity contribution in [1.29, 1.82) is 0 Å². The first-order valence-electron chi connectivity index (χ1n) is 9.78. The van der Waals surface area contributed by atoms with Crippen molar-refractivity contribution >= 4 is 47.0 Å². The van der Waals surface area contributed by atoms with Gasteiger partial charge in [-0.2, -0.15) is 0 Å². The van der Waals surface area contributed by atoms with Gasteiger partial charge >= 0.3 is 6.09 Å². The van der Waals surface area contributed by atoms with Gasteiger partial charge in [0.25, 0.3) is 0 Å². The van der Waals surface area contributed by atoms with E-state index in [1.54, 1.807) is 23.1 Å². The lowest BCUT2D eigenvalue weighted by atomic mass is 9.90. The van der Waals surface area contributed by atoms with E-state index in [1.165, 1.54) is 11.9 Å². The molecule has 1 amide bonds. The van der Waals surface area contributed by atoms with Crippen molar-refractivity contribution in [1.82, 2.24) is 4.90 Å². The van der Waals surface area contributed by atoms with Crippen molar-refractivity contribution < 1.29 is 14.3 Å². The standard InChI is InChI=1S/C22H30Cl2N2O3S/c1-8-9-28-18-11-17(24)16(23)10-15(18)19(25-30-22(5,6)7)14-12-26(13-14)20(27)29-21(2,3)4/h8,10-11,14H,1,9,12-13H2,2-7H3/b25-19+. The first kappa shape index (κ1) is 24.9. The molecule has 1 fully saturated rings. The SMILES string of the molecule is C=CCOc1cc(Cl)c(Cl)cc1/C(=N/SC(C)(C)C)C1CN(C(=O)OC(C)(C)C)C1. The van der Waals surface area contributed by atoms with Gasteiger partial charge in [-0.1, -0.05) is 35.9 Å². The molecule has 1 aromatic carbocycles. The topological polar surface area (TPSA) is 51.1 Å². The first-order valence-corrected chi connectivity index (χ1v) is 11.3. The average molecular weight is 473 g/mol. The first-order chi connectivity index (χ1) is 13.8. The van der Waals surface area contributed by atoms with Gasteiger partial charge in [0, 0.05) is 35.4 Å². The predicted molar refractivity (Wildman–Crippen MR) is 127 cm³/mol. The Bertz CT molecular complexity index is 823. The molecule has 0 N–H and O–H groups in total. The molecule has 166 valence electrons. The van der Waals surface area contributed by atoms with Crippen molar-refractivity contribution in [3.05, 3.63) is 40.4 Å². The molecule has 1 aromatic rings. The number of hydrogen-bond donors (Lipinski definition) is 0. The van der Waals surface area contributed by atoms with Crippen LogP contribution in [0.1, 0.15) is 47.1 Å². The second-order valence-corrected chi connectivity index (χ2v) is 11.5. The fourth-order valence-electron chi connectivity index (χ4n) is 2.65. The Labute approximate surface area is 193 Å². The maximum absolute atomic E-state index is 12.4.